The van der Waals surface area contributed by atoms with Gasteiger partial charge in [-0.1, -0.05) is 19.3 Å². The third-order valence-electron chi connectivity index (χ3n) is 2.79. The molecule has 0 aromatic rings. The molecule has 0 saturated heterocycles. The van der Waals surface area contributed by atoms with Crippen LogP contribution in [0.3, 0.4) is 0 Å². The number of hydrogen-bond donors (Lipinski definition) is 0. The summed E-state index contributed by atoms with van der Waals surface area (Å²) >= 11 is 0. The highest BCUT2D eigenvalue weighted by Gasteiger charge is 2.69. The monoisotopic (exact) mass is 220 g/mol. The van der Waals surface area contributed by atoms with Gasteiger partial charge in [0.15, 0.2) is 5.41 Å². The van der Waals surface area contributed by atoms with E-state index in [-0.39, 0.29) is 12.8 Å². The van der Waals surface area contributed by atoms with E-state index in [2.05, 4.69) is 0 Å². The summed E-state index contributed by atoms with van der Waals surface area (Å²) in [6.07, 6.45) is -11.5. The summed E-state index contributed by atoms with van der Waals surface area (Å²) < 4.78 is 74.2. The van der Waals surface area contributed by atoms with Crippen molar-refractivity contribution in [1.82, 2.24) is 0 Å². The first-order chi connectivity index (χ1) is 6.21. The number of halogens is 6. The van der Waals surface area contributed by atoms with Gasteiger partial charge < -0.3 is 0 Å². The molecule has 0 bridgehead atoms. The van der Waals surface area contributed by atoms with Crippen LogP contribution >= 0.6 is 0 Å². The van der Waals surface area contributed by atoms with E-state index in [1.54, 1.807) is 0 Å². The summed E-state index contributed by atoms with van der Waals surface area (Å²) in [6.45, 7) is 0. The average Bonchev–Trinajstić information content (AvgIpc) is 2.02. The van der Waals surface area contributed by atoms with Crippen molar-refractivity contribution >= 4 is 0 Å². The normalized spacial score (nSPS) is 23.6. The van der Waals surface area contributed by atoms with Crippen molar-refractivity contribution in [2.24, 2.45) is 5.41 Å². The van der Waals surface area contributed by atoms with Crippen LogP contribution in [0, 0.1) is 5.41 Å². The SMILES string of the molecule is FC(F)(F)C1(C(F)(F)F)CCCCC1. The lowest BCUT2D eigenvalue weighted by molar-refractivity contribution is -0.349. The second kappa shape index (κ2) is 3.31. The molecule has 1 rings (SSSR count). The molecule has 0 aromatic carbocycles. The van der Waals surface area contributed by atoms with Crippen LogP contribution in [0.25, 0.3) is 0 Å². The van der Waals surface area contributed by atoms with Gasteiger partial charge in [0.25, 0.3) is 0 Å². The zero-order valence-corrected chi connectivity index (χ0v) is 7.30. The molecule has 0 spiro atoms. The lowest BCUT2D eigenvalue weighted by Crippen LogP contribution is -2.51. The molecular formula is C8H10F6. The molecule has 0 radical (unpaired) electrons. The Hall–Kier alpha value is -0.420. The van der Waals surface area contributed by atoms with Crippen molar-refractivity contribution in [3.63, 3.8) is 0 Å². The van der Waals surface area contributed by atoms with Crippen LogP contribution in [0.5, 0.6) is 0 Å². The Kier molecular flexibility index (Phi) is 2.75. The maximum Gasteiger partial charge on any atom is 0.403 e. The van der Waals surface area contributed by atoms with Crippen molar-refractivity contribution in [2.45, 2.75) is 44.5 Å². The summed E-state index contributed by atoms with van der Waals surface area (Å²) in [5, 5.41) is 0. The van der Waals surface area contributed by atoms with E-state index in [4.69, 9.17) is 0 Å². The topological polar surface area (TPSA) is 0 Å². The van der Waals surface area contributed by atoms with Crippen LogP contribution in [0.15, 0.2) is 0 Å². The van der Waals surface area contributed by atoms with E-state index >= 15 is 0 Å². The Bertz CT molecular complexity index is 179. The second-order valence-electron chi connectivity index (χ2n) is 3.64. The molecule has 84 valence electrons. The predicted molar refractivity (Wildman–Crippen MR) is 37.6 cm³/mol. The summed E-state index contributed by atoms with van der Waals surface area (Å²) in [5.41, 5.74) is -3.45. The van der Waals surface area contributed by atoms with Crippen molar-refractivity contribution in [2.75, 3.05) is 0 Å². The molecule has 0 nitrogen and oxygen atoms in total. The van der Waals surface area contributed by atoms with E-state index in [0.29, 0.717) is 6.42 Å². The fourth-order valence-electron chi connectivity index (χ4n) is 1.88. The molecule has 6 heteroatoms. The van der Waals surface area contributed by atoms with Gasteiger partial charge in [0.1, 0.15) is 0 Å². The summed E-state index contributed by atoms with van der Waals surface area (Å²) in [4.78, 5) is 0. The first kappa shape index (κ1) is 11.7. The Balaban J connectivity index is 3.01. The van der Waals surface area contributed by atoms with E-state index in [1.165, 1.54) is 0 Å². The molecule has 0 aliphatic heterocycles. The quantitative estimate of drug-likeness (QED) is 0.540. The Labute approximate surface area is 77.3 Å². The van der Waals surface area contributed by atoms with Crippen LogP contribution in [0.4, 0.5) is 26.3 Å². The van der Waals surface area contributed by atoms with Gasteiger partial charge in [-0.15, -0.1) is 0 Å². The van der Waals surface area contributed by atoms with E-state index in [1.807, 2.05) is 0 Å². The molecule has 0 aromatic heterocycles. The van der Waals surface area contributed by atoms with Crippen LogP contribution in [-0.2, 0) is 0 Å². The van der Waals surface area contributed by atoms with Crippen molar-refractivity contribution in [3.05, 3.63) is 0 Å². The van der Waals surface area contributed by atoms with Gasteiger partial charge in [-0.25, -0.2) is 0 Å². The fourth-order valence-corrected chi connectivity index (χ4v) is 1.88. The van der Waals surface area contributed by atoms with Gasteiger partial charge >= 0.3 is 12.4 Å². The minimum Gasteiger partial charge on any atom is -0.170 e. The Morgan fingerprint density at radius 2 is 1.00 bits per heavy atom. The highest BCUT2D eigenvalue weighted by molar-refractivity contribution is 4.95. The number of rotatable bonds is 0. The zero-order valence-electron chi connectivity index (χ0n) is 7.30. The maximum absolute atomic E-state index is 12.4. The van der Waals surface area contributed by atoms with Crippen LogP contribution in [0.2, 0.25) is 0 Å². The largest absolute Gasteiger partial charge is 0.403 e. The zero-order chi connectivity index (χ0) is 11.0. The molecule has 14 heavy (non-hydrogen) atoms. The molecule has 1 saturated carbocycles. The molecule has 0 atom stereocenters. The average molecular weight is 220 g/mol. The lowest BCUT2D eigenvalue weighted by Gasteiger charge is -2.39. The fraction of sp³-hybridized carbons (Fsp3) is 1.00. The van der Waals surface area contributed by atoms with Crippen molar-refractivity contribution in [3.8, 4) is 0 Å². The summed E-state index contributed by atoms with van der Waals surface area (Å²) in [5.74, 6) is 0. The molecule has 1 aliphatic carbocycles. The van der Waals surface area contributed by atoms with Gasteiger partial charge in [-0.05, 0) is 12.8 Å². The number of alkyl halides is 6. The second-order valence-corrected chi connectivity index (χ2v) is 3.64. The highest BCUT2D eigenvalue weighted by Crippen LogP contribution is 2.58. The summed E-state index contributed by atoms with van der Waals surface area (Å²) in [7, 11) is 0. The van der Waals surface area contributed by atoms with Gasteiger partial charge in [0.05, 0.1) is 0 Å². The number of hydrogen-bond acceptors (Lipinski definition) is 0. The maximum atomic E-state index is 12.4. The van der Waals surface area contributed by atoms with Gasteiger partial charge in [-0.2, -0.15) is 26.3 Å². The van der Waals surface area contributed by atoms with Crippen LogP contribution < -0.4 is 0 Å². The predicted octanol–water partition coefficient (Wildman–Crippen LogP) is 4.06. The summed E-state index contributed by atoms with van der Waals surface area (Å²) in [6, 6.07) is 0. The molecule has 0 unspecified atom stereocenters. The first-order valence-corrected chi connectivity index (χ1v) is 4.34. The molecule has 0 heterocycles. The Morgan fingerprint density at radius 1 is 0.643 bits per heavy atom. The third kappa shape index (κ3) is 1.70. The smallest absolute Gasteiger partial charge is 0.170 e. The molecule has 1 fully saturated rings. The molecule has 0 amide bonds. The Morgan fingerprint density at radius 3 is 1.21 bits per heavy atom. The molecule has 0 N–H and O–H groups in total. The van der Waals surface area contributed by atoms with Gasteiger partial charge in [-0.3, -0.25) is 0 Å². The minimum atomic E-state index is -5.17. The molecular weight excluding hydrogens is 210 g/mol. The van der Waals surface area contributed by atoms with Crippen molar-refractivity contribution < 1.29 is 26.3 Å². The standard InChI is InChI=1S/C8H10F6/c9-7(10,11)6(8(12,13)14)4-2-1-3-5-6/h1-5H2. The van der Waals surface area contributed by atoms with E-state index in [0.717, 1.165) is 0 Å². The third-order valence-corrected chi connectivity index (χ3v) is 2.79. The highest BCUT2D eigenvalue weighted by atomic mass is 19.4. The van der Waals surface area contributed by atoms with E-state index in [9.17, 15) is 26.3 Å². The van der Waals surface area contributed by atoms with Crippen molar-refractivity contribution in [1.29, 1.82) is 0 Å². The van der Waals surface area contributed by atoms with Crippen LogP contribution in [0.1, 0.15) is 32.1 Å². The first-order valence-electron chi connectivity index (χ1n) is 4.34. The van der Waals surface area contributed by atoms with E-state index < -0.39 is 30.6 Å². The lowest BCUT2D eigenvalue weighted by atomic mass is 9.73. The van der Waals surface area contributed by atoms with Gasteiger partial charge in [0.2, 0.25) is 0 Å². The van der Waals surface area contributed by atoms with Crippen LogP contribution in [-0.4, -0.2) is 12.4 Å². The van der Waals surface area contributed by atoms with Gasteiger partial charge in [0, 0.05) is 0 Å². The molecule has 1 aliphatic rings. The minimum absolute atomic E-state index is 0.000972.